The molecule has 5 nitrogen and oxygen atoms in total. The Morgan fingerprint density at radius 2 is 2.12 bits per heavy atom. The van der Waals surface area contributed by atoms with Crippen LogP contribution in [0.3, 0.4) is 0 Å². The number of morpholine rings is 1. The highest BCUT2D eigenvalue weighted by Crippen LogP contribution is 2.27. The van der Waals surface area contributed by atoms with E-state index in [1.54, 1.807) is 0 Å². The minimum Gasteiger partial charge on any atom is -0.375 e. The Labute approximate surface area is 143 Å². The maximum atomic E-state index is 12.7. The van der Waals surface area contributed by atoms with Crippen LogP contribution in [-0.4, -0.2) is 54.8 Å². The molecule has 1 atom stereocenters. The Bertz CT molecular complexity index is 751. The molecule has 24 heavy (non-hydrogen) atoms. The molecule has 0 radical (unpaired) electrons. The van der Waals surface area contributed by atoms with E-state index in [2.05, 4.69) is 36.3 Å². The van der Waals surface area contributed by atoms with Crippen molar-refractivity contribution in [1.29, 1.82) is 0 Å². The molecule has 1 aromatic carbocycles. The standard InChI is InChI=1S/C19H27N3O2/c1-13-6-5-7-16-14(2)18(22(4)17(13)16)19(23)20-9-8-15-12-21(3)10-11-24-15/h5-7,15H,8-12H2,1-4H3,(H,20,23)/t15-/m0/s1. The third-order valence-corrected chi connectivity index (χ3v) is 4.98. The zero-order valence-corrected chi connectivity index (χ0v) is 15.1. The Balaban J connectivity index is 1.69. The largest absolute Gasteiger partial charge is 0.375 e. The van der Waals surface area contributed by atoms with Crippen LogP contribution in [0, 0.1) is 13.8 Å². The number of ether oxygens (including phenoxy) is 1. The van der Waals surface area contributed by atoms with Gasteiger partial charge in [-0.15, -0.1) is 0 Å². The Morgan fingerprint density at radius 1 is 1.33 bits per heavy atom. The van der Waals surface area contributed by atoms with Crippen LogP contribution in [0.1, 0.15) is 28.0 Å². The molecule has 0 saturated carbocycles. The van der Waals surface area contributed by atoms with Crippen molar-refractivity contribution in [3.8, 4) is 0 Å². The summed E-state index contributed by atoms with van der Waals surface area (Å²) >= 11 is 0. The molecule has 1 fully saturated rings. The number of carbonyl (C=O) groups is 1. The van der Waals surface area contributed by atoms with Gasteiger partial charge in [-0.25, -0.2) is 0 Å². The molecule has 130 valence electrons. The van der Waals surface area contributed by atoms with Gasteiger partial charge in [-0.1, -0.05) is 18.2 Å². The van der Waals surface area contributed by atoms with Gasteiger partial charge < -0.3 is 19.5 Å². The second-order valence-corrected chi connectivity index (χ2v) is 6.80. The number of nitrogens with one attached hydrogen (secondary N) is 1. The first-order chi connectivity index (χ1) is 11.5. The van der Waals surface area contributed by atoms with Gasteiger partial charge in [0.05, 0.1) is 18.2 Å². The van der Waals surface area contributed by atoms with Gasteiger partial charge in [0.1, 0.15) is 5.69 Å². The highest BCUT2D eigenvalue weighted by atomic mass is 16.5. The lowest BCUT2D eigenvalue weighted by Gasteiger charge is -2.30. The number of rotatable bonds is 4. The number of amides is 1. The quantitative estimate of drug-likeness (QED) is 0.936. The lowest BCUT2D eigenvalue weighted by molar-refractivity contribution is -0.0226. The van der Waals surface area contributed by atoms with E-state index in [1.165, 1.54) is 5.56 Å². The molecule has 1 aliphatic rings. The molecule has 0 bridgehead atoms. The summed E-state index contributed by atoms with van der Waals surface area (Å²) in [6, 6.07) is 6.21. The molecule has 3 rings (SSSR count). The minimum atomic E-state index is -0.00485. The number of aryl methyl sites for hydroxylation is 3. The van der Waals surface area contributed by atoms with E-state index in [9.17, 15) is 4.79 Å². The van der Waals surface area contributed by atoms with Crippen LogP contribution in [-0.2, 0) is 11.8 Å². The molecule has 1 aliphatic heterocycles. The molecule has 0 aliphatic carbocycles. The molecule has 1 amide bonds. The first-order valence-electron chi connectivity index (χ1n) is 8.62. The average Bonchev–Trinajstić information content (AvgIpc) is 2.80. The van der Waals surface area contributed by atoms with Crippen LogP contribution < -0.4 is 5.32 Å². The van der Waals surface area contributed by atoms with Crippen molar-refractivity contribution in [2.24, 2.45) is 7.05 Å². The van der Waals surface area contributed by atoms with E-state index in [4.69, 9.17) is 4.74 Å². The number of fused-ring (bicyclic) bond motifs is 1. The molecular formula is C19H27N3O2. The summed E-state index contributed by atoms with van der Waals surface area (Å²) in [6.07, 6.45) is 1.05. The third kappa shape index (κ3) is 3.19. The summed E-state index contributed by atoms with van der Waals surface area (Å²) in [6.45, 7) is 7.43. The van der Waals surface area contributed by atoms with Crippen LogP contribution in [0.15, 0.2) is 18.2 Å². The monoisotopic (exact) mass is 329 g/mol. The average molecular weight is 329 g/mol. The normalized spacial score (nSPS) is 18.9. The predicted octanol–water partition coefficient (Wildman–Crippen LogP) is 2.25. The van der Waals surface area contributed by atoms with E-state index in [-0.39, 0.29) is 12.0 Å². The lowest BCUT2D eigenvalue weighted by atomic mass is 10.1. The Kier molecular flexibility index (Phi) is 4.92. The molecular weight excluding hydrogens is 302 g/mol. The Morgan fingerprint density at radius 3 is 2.83 bits per heavy atom. The second kappa shape index (κ2) is 6.95. The van der Waals surface area contributed by atoms with Crippen LogP contribution >= 0.6 is 0 Å². The van der Waals surface area contributed by atoms with Crippen molar-refractivity contribution < 1.29 is 9.53 Å². The summed E-state index contributed by atoms with van der Waals surface area (Å²) in [5.74, 6) is -0.00485. The number of carbonyl (C=O) groups excluding carboxylic acids is 1. The van der Waals surface area contributed by atoms with Gasteiger partial charge in [-0.05, 0) is 38.4 Å². The molecule has 5 heteroatoms. The molecule has 1 saturated heterocycles. The fourth-order valence-electron chi connectivity index (χ4n) is 3.69. The number of para-hydroxylation sites is 1. The van der Waals surface area contributed by atoms with Gasteiger partial charge in [-0.3, -0.25) is 4.79 Å². The van der Waals surface area contributed by atoms with Crippen molar-refractivity contribution in [3.63, 3.8) is 0 Å². The summed E-state index contributed by atoms with van der Waals surface area (Å²) in [5.41, 5.74) is 4.12. The topological polar surface area (TPSA) is 46.5 Å². The van der Waals surface area contributed by atoms with Gasteiger partial charge in [0.2, 0.25) is 0 Å². The number of benzene rings is 1. The van der Waals surface area contributed by atoms with Gasteiger partial charge >= 0.3 is 0 Å². The summed E-state index contributed by atoms with van der Waals surface area (Å²) in [7, 11) is 4.08. The fraction of sp³-hybridized carbons (Fsp3) is 0.526. The first-order valence-corrected chi connectivity index (χ1v) is 8.62. The maximum absolute atomic E-state index is 12.7. The number of likely N-dealkylation sites (N-methyl/N-ethyl adjacent to an activating group) is 1. The fourth-order valence-corrected chi connectivity index (χ4v) is 3.69. The third-order valence-electron chi connectivity index (χ3n) is 4.98. The number of nitrogens with zero attached hydrogens (tertiary/aromatic N) is 2. The molecule has 0 spiro atoms. The summed E-state index contributed by atoms with van der Waals surface area (Å²) in [5, 5.41) is 4.22. The molecule has 1 N–H and O–H groups in total. The van der Waals surface area contributed by atoms with Crippen molar-refractivity contribution in [1.82, 2.24) is 14.8 Å². The van der Waals surface area contributed by atoms with Crippen LogP contribution in [0.4, 0.5) is 0 Å². The van der Waals surface area contributed by atoms with Gasteiger partial charge in [0, 0.05) is 32.1 Å². The predicted molar refractivity (Wildman–Crippen MR) is 96.6 cm³/mol. The Hall–Kier alpha value is -1.85. The number of hydrogen-bond donors (Lipinski definition) is 1. The van der Waals surface area contributed by atoms with E-state index in [0.29, 0.717) is 6.54 Å². The highest BCUT2D eigenvalue weighted by molar-refractivity contribution is 6.02. The van der Waals surface area contributed by atoms with Crippen molar-refractivity contribution >= 4 is 16.8 Å². The van der Waals surface area contributed by atoms with Crippen LogP contribution in [0.5, 0.6) is 0 Å². The zero-order chi connectivity index (χ0) is 17.3. The number of aromatic nitrogens is 1. The molecule has 1 aromatic heterocycles. The summed E-state index contributed by atoms with van der Waals surface area (Å²) < 4.78 is 7.76. The molecule has 2 aromatic rings. The molecule has 0 unspecified atom stereocenters. The van der Waals surface area contributed by atoms with E-state index < -0.39 is 0 Å². The van der Waals surface area contributed by atoms with Crippen LogP contribution in [0.25, 0.3) is 10.9 Å². The smallest absolute Gasteiger partial charge is 0.268 e. The van der Waals surface area contributed by atoms with Gasteiger partial charge in [-0.2, -0.15) is 0 Å². The maximum Gasteiger partial charge on any atom is 0.268 e. The van der Waals surface area contributed by atoms with Crippen molar-refractivity contribution in [3.05, 3.63) is 35.0 Å². The number of hydrogen-bond acceptors (Lipinski definition) is 3. The van der Waals surface area contributed by atoms with Crippen molar-refractivity contribution in [2.45, 2.75) is 26.4 Å². The molecule has 2 heterocycles. The van der Waals surface area contributed by atoms with E-state index >= 15 is 0 Å². The van der Waals surface area contributed by atoms with Crippen molar-refractivity contribution in [2.75, 3.05) is 33.3 Å². The SMILES string of the molecule is Cc1c(C(=O)NCC[C@H]2CN(C)CCO2)n(C)c2c(C)cccc12. The van der Waals surface area contributed by atoms with Gasteiger partial charge in [0.25, 0.3) is 5.91 Å². The first kappa shape index (κ1) is 17.0. The van der Waals surface area contributed by atoms with E-state index in [0.717, 1.165) is 48.3 Å². The second-order valence-electron chi connectivity index (χ2n) is 6.80. The summed E-state index contributed by atoms with van der Waals surface area (Å²) in [4.78, 5) is 15.0. The van der Waals surface area contributed by atoms with E-state index in [1.807, 2.05) is 24.6 Å². The highest BCUT2D eigenvalue weighted by Gasteiger charge is 2.21. The lowest BCUT2D eigenvalue weighted by Crippen LogP contribution is -2.41. The van der Waals surface area contributed by atoms with Crippen LogP contribution in [0.2, 0.25) is 0 Å². The minimum absolute atomic E-state index is 0.00485. The van der Waals surface area contributed by atoms with Gasteiger partial charge in [0.15, 0.2) is 0 Å². The zero-order valence-electron chi connectivity index (χ0n) is 15.1.